The first-order chi connectivity index (χ1) is 15.4. The number of ether oxygens (including phenoxy) is 5. The second-order valence-corrected chi connectivity index (χ2v) is 7.27. The van der Waals surface area contributed by atoms with E-state index in [-0.39, 0.29) is 12.5 Å². The van der Waals surface area contributed by atoms with Crippen LogP contribution in [0.25, 0.3) is 0 Å². The molecule has 0 fully saturated rings. The number of rotatable bonds is 17. The van der Waals surface area contributed by atoms with Crippen molar-refractivity contribution in [1.29, 1.82) is 0 Å². The van der Waals surface area contributed by atoms with E-state index < -0.39 is 11.9 Å². The third-order valence-electron chi connectivity index (χ3n) is 5.14. The molecule has 0 radical (unpaired) electrons. The highest BCUT2D eigenvalue weighted by molar-refractivity contribution is 5.71. The van der Waals surface area contributed by atoms with Gasteiger partial charge in [0.15, 0.2) is 11.5 Å². The van der Waals surface area contributed by atoms with Crippen molar-refractivity contribution < 1.29 is 33.6 Å². The fourth-order valence-corrected chi connectivity index (χ4v) is 3.68. The van der Waals surface area contributed by atoms with Crippen LogP contribution < -0.4 is 29.4 Å². The minimum Gasteiger partial charge on any atom is -0.489 e. The Morgan fingerprint density at radius 3 is 1.44 bits per heavy atom. The van der Waals surface area contributed by atoms with Crippen molar-refractivity contribution in [1.82, 2.24) is 0 Å². The topological polar surface area (TPSA) is 109 Å². The molecule has 0 aliphatic heterocycles. The van der Waals surface area contributed by atoms with E-state index in [2.05, 4.69) is 0 Å². The fraction of sp³-hybridized carbons (Fsp3) is 0.708. The molecule has 1 aromatic rings. The molecular formula is C24H41NO7. The number of hydrogen-bond acceptors (Lipinski definition) is 7. The molecule has 0 aliphatic rings. The normalized spacial score (nSPS) is 12.7. The Bertz CT molecular complexity index is 671. The van der Waals surface area contributed by atoms with E-state index in [1.165, 1.54) is 0 Å². The number of carbonyl (C=O) groups is 1. The van der Waals surface area contributed by atoms with Crippen LogP contribution in [0.4, 0.5) is 0 Å². The first-order valence-electron chi connectivity index (χ1n) is 11.7. The summed E-state index contributed by atoms with van der Waals surface area (Å²) in [6.45, 7) is 13.8. The van der Waals surface area contributed by atoms with Crippen LogP contribution in [0.3, 0.4) is 0 Å². The number of carboxylic acids is 1. The van der Waals surface area contributed by atoms with Crippen molar-refractivity contribution in [3.05, 3.63) is 5.56 Å². The maximum absolute atomic E-state index is 11.6. The number of aliphatic carboxylic acids is 1. The van der Waals surface area contributed by atoms with Gasteiger partial charge in [0, 0.05) is 12.1 Å². The van der Waals surface area contributed by atoms with Crippen LogP contribution in [-0.2, 0) is 11.2 Å². The highest BCUT2D eigenvalue weighted by Gasteiger charge is 2.32. The smallest absolute Gasteiger partial charge is 0.307 e. The first kappa shape index (κ1) is 27.7. The number of carboxylic acid groups (broad SMARTS) is 1. The number of nitrogens with two attached hydrogens (primary N) is 1. The van der Waals surface area contributed by atoms with Gasteiger partial charge in [-0.3, -0.25) is 4.79 Å². The SMILES string of the molecule is CCOc1c(CC(CC)CC(CN)C(=O)O)c(OCC)c(OCC)c(OCC)c1OCC. The number of benzene rings is 1. The van der Waals surface area contributed by atoms with E-state index in [1.54, 1.807) is 0 Å². The lowest BCUT2D eigenvalue weighted by Crippen LogP contribution is -2.26. The Balaban J connectivity index is 3.74. The lowest BCUT2D eigenvalue weighted by molar-refractivity contribution is -0.142. The predicted octanol–water partition coefficient (Wildman–Crippen LogP) is 4.30. The highest BCUT2D eigenvalue weighted by Crippen LogP contribution is 2.55. The predicted molar refractivity (Wildman–Crippen MR) is 125 cm³/mol. The minimum absolute atomic E-state index is 0.0555. The minimum atomic E-state index is -0.877. The first-order valence-corrected chi connectivity index (χ1v) is 11.7. The van der Waals surface area contributed by atoms with Gasteiger partial charge in [-0.05, 0) is 53.4 Å². The van der Waals surface area contributed by atoms with Gasteiger partial charge in [0.2, 0.25) is 17.2 Å². The van der Waals surface area contributed by atoms with Gasteiger partial charge in [0.05, 0.1) is 39.0 Å². The molecule has 0 aromatic heterocycles. The van der Waals surface area contributed by atoms with Crippen LogP contribution >= 0.6 is 0 Å². The maximum atomic E-state index is 11.6. The molecule has 0 amide bonds. The largest absolute Gasteiger partial charge is 0.489 e. The molecule has 1 rings (SSSR count). The summed E-state index contributed by atoms with van der Waals surface area (Å²) in [5, 5.41) is 9.50. The van der Waals surface area contributed by atoms with Gasteiger partial charge in [-0.25, -0.2) is 0 Å². The molecule has 0 spiro atoms. The fourth-order valence-electron chi connectivity index (χ4n) is 3.68. The van der Waals surface area contributed by atoms with Crippen molar-refractivity contribution >= 4 is 5.97 Å². The molecule has 0 aliphatic carbocycles. The summed E-state index contributed by atoms with van der Waals surface area (Å²) in [4.78, 5) is 11.6. The Morgan fingerprint density at radius 2 is 1.12 bits per heavy atom. The molecule has 32 heavy (non-hydrogen) atoms. The number of hydrogen-bond donors (Lipinski definition) is 2. The Kier molecular flexibility index (Phi) is 12.7. The van der Waals surface area contributed by atoms with Crippen LogP contribution in [-0.4, -0.2) is 50.7 Å². The van der Waals surface area contributed by atoms with Gasteiger partial charge in [0.1, 0.15) is 0 Å². The molecule has 2 unspecified atom stereocenters. The van der Waals surface area contributed by atoms with Crippen molar-refractivity contribution in [2.24, 2.45) is 17.6 Å². The van der Waals surface area contributed by atoms with Crippen LogP contribution in [0.15, 0.2) is 0 Å². The molecule has 184 valence electrons. The second kappa shape index (κ2) is 14.7. The van der Waals surface area contributed by atoms with Gasteiger partial charge >= 0.3 is 5.97 Å². The molecule has 0 saturated carbocycles. The van der Waals surface area contributed by atoms with Crippen LogP contribution in [0.1, 0.15) is 59.9 Å². The van der Waals surface area contributed by atoms with E-state index in [0.29, 0.717) is 74.6 Å². The van der Waals surface area contributed by atoms with Gasteiger partial charge in [-0.1, -0.05) is 13.3 Å². The average Bonchev–Trinajstić information content (AvgIpc) is 2.77. The van der Waals surface area contributed by atoms with Gasteiger partial charge in [-0.2, -0.15) is 0 Å². The molecule has 3 N–H and O–H groups in total. The molecule has 8 heteroatoms. The second-order valence-electron chi connectivity index (χ2n) is 7.27. The van der Waals surface area contributed by atoms with E-state index in [4.69, 9.17) is 29.4 Å². The Labute approximate surface area is 192 Å². The molecule has 2 atom stereocenters. The lowest BCUT2D eigenvalue weighted by Gasteiger charge is -2.27. The van der Waals surface area contributed by atoms with Crippen molar-refractivity contribution in [2.45, 2.75) is 60.8 Å². The summed E-state index contributed by atoms with van der Waals surface area (Å²) in [6, 6.07) is 0. The zero-order valence-electron chi connectivity index (χ0n) is 20.5. The Hall–Kier alpha value is -2.35. The zero-order valence-corrected chi connectivity index (χ0v) is 20.5. The summed E-state index contributed by atoms with van der Waals surface area (Å²) in [7, 11) is 0. The third kappa shape index (κ3) is 7.08. The molecule has 0 heterocycles. The monoisotopic (exact) mass is 455 g/mol. The third-order valence-corrected chi connectivity index (χ3v) is 5.14. The quantitative estimate of drug-likeness (QED) is 0.358. The lowest BCUT2D eigenvalue weighted by atomic mass is 9.86. The van der Waals surface area contributed by atoms with E-state index in [1.807, 2.05) is 41.5 Å². The molecule has 0 bridgehead atoms. The van der Waals surface area contributed by atoms with E-state index in [0.717, 1.165) is 12.0 Å². The standard InChI is InChI=1S/C24H41NO7/c1-7-16(13-17(15-25)24(26)27)14-18-19(28-8-2)21(30-10-4)23(32-12-6)22(31-11-5)20(18)29-9-3/h16-17H,7-15,25H2,1-6H3,(H,26,27). The summed E-state index contributed by atoms with van der Waals surface area (Å²) in [5.41, 5.74) is 6.52. The van der Waals surface area contributed by atoms with Crippen LogP contribution in [0.2, 0.25) is 0 Å². The average molecular weight is 456 g/mol. The van der Waals surface area contributed by atoms with Crippen molar-refractivity contribution in [3.63, 3.8) is 0 Å². The summed E-state index contributed by atoms with van der Waals surface area (Å²) >= 11 is 0. The summed E-state index contributed by atoms with van der Waals surface area (Å²) in [6.07, 6.45) is 1.78. The van der Waals surface area contributed by atoms with Crippen molar-refractivity contribution in [3.8, 4) is 28.7 Å². The Morgan fingerprint density at radius 1 is 0.750 bits per heavy atom. The van der Waals surface area contributed by atoms with E-state index in [9.17, 15) is 9.90 Å². The highest BCUT2D eigenvalue weighted by atomic mass is 16.6. The van der Waals surface area contributed by atoms with Gasteiger partial charge < -0.3 is 34.5 Å². The van der Waals surface area contributed by atoms with E-state index >= 15 is 0 Å². The van der Waals surface area contributed by atoms with Crippen molar-refractivity contribution in [2.75, 3.05) is 39.6 Å². The van der Waals surface area contributed by atoms with Crippen LogP contribution in [0.5, 0.6) is 28.7 Å². The van der Waals surface area contributed by atoms with Crippen LogP contribution in [0, 0.1) is 11.8 Å². The van der Waals surface area contributed by atoms with Gasteiger partial charge in [0.25, 0.3) is 0 Å². The maximum Gasteiger partial charge on any atom is 0.307 e. The summed E-state index contributed by atoms with van der Waals surface area (Å²) < 4.78 is 30.1. The summed E-state index contributed by atoms with van der Waals surface area (Å²) in [5.74, 6) is 1.13. The van der Waals surface area contributed by atoms with Gasteiger partial charge in [-0.15, -0.1) is 0 Å². The molecule has 0 saturated heterocycles. The molecule has 8 nitrogen and oxygen atoms in total. The zero-order chi connectivity index (χ0) is 24.1. The molecule has 1 aromatic carbocycles. The molecular weight excluding hydrogens is 414 g/mol.